The highest BCUT2D eigenvalue weighted by Crippen LogP contribution is 2.30. The first kappa shape index (κ1) is 16.0. The third-order valence-electron chi connectivity index (χ3n) is 4.20. The summed E-state index contributed by atoms with van der Waals surface area (Å²) in [5.41, 5.74) is 5.93. The number of amides is 1. The van der Waals surface area contributed by atoms with Crippen LogP contribution in [0.5, 0.6) is 0 Å². The number of hydrogen-bond acceptors (Lipinski definition) is 3. The van der Waals surface area contributed by atoms with Gasteiger partial charge in [-0.25, -0.2) is 5.48 Å². The molecule has 2 N–H and O–H groups in total. The van der Waals surface area contributed by atoms with Crippen LogP contribution in [0.1, 0.15) is 34.3 Å². The summed E-state index contributed by atoms with van der Waals surface area (Å²) >= 11 is 3.57. The molecule has 0 fully saturated rings. The van der Waals surface area contributed by atoms with E-state index >= 15 is 0 Å². The lowest BCUT2D eigenvalue weighted by Gasteiger charge is -2.25. The number of carbonyl (C=O) groups is 1. The Kier molecular flexibility index (Phi) is 4.98. The zero-order valence-corrected chi connectivity index (χ0v) is 14.3. The van der Waals surface area contributed by atoms with E-state index in [1.54, 1.807) is 17.6 Å². The van der Waals surface area contributed by atoms with Gasteiger partial charge in [0.2, 0.25) is 0 Å². The standard InChI is InChI=1S/C18H19BrN2O2/c19-16-9-8-14-3-1-2-10-21(17(14)11-16)12-13-4-6-15(7-5-13)18(22)20-23/h4-9,11,23H,1-3,10,12H2,(H,20,22). The molecule has 0 bridgehead atoms. The molecule has 1 aliphatic heterocycles. The number of nitrogens with one attached hydrogen (secondary N) is 1. The van der Waals surface area contributed by atoms with E-state index in [0.29, 0.717) is 5.56 Å². The van der Waals surface area contributed by atoms with Crippen molar-refractivity contribution in [2.75, 3.05) is 11.4 Å². The molecule has 1 amide bonds. The Morgan fingerprint density at radius 3 is 2.70 bits per heavy atom. The molecular formula is C18H19BrN2O2. The van der Waals surface area contributed by atoms with Gasteiger partial charge in [-0.05, 0) is 54.7 Å². The fourth-order valence-electron chi connectivity index (χ4n) is 2.99. The zero-order valence-electron chi connectivity index (χ0n) is 12.8. The minimum atomic E-state index is -0.486. The predicted molar refractivity (Wildman–Crippen MR) is 93.8 cm³/mol. The third kappa shape index (κ3) is 3.74. The van der Waals surface area contributed by atoms with Crippen molar-refractivity contribution in [1.82, 2.24) is 5.48 Å². The quantitative estimate of drug-likeness (QED) is 0.632. The van der Waals surface area contributed by atoms with Crippen LogP contribution in [0.15, 0.2) is 46.9 Å². The van der Waals surface area contributed by atoms with Gasteiger partial charge in [0, 0.05) is 28.8 Å². The van der Waals surface area contributed by atoms with Crippen molar-refractivity contribution in [1.29, 1.82) is 0 Å². The number of fused-ring (bicyclic) bond motifs is 1. The number of aryl methyl sites for hydroxylation is 1. The van der Waals surface area contributed by atoms with Crippen LogP contribution in [-0.4, -0.2) is 17.7 Å². The molecule has 0 aliphatic carbocycles. The van der Waals surface area contributed by atoms with E-state index in [1.807, 2.05) is 12.1 Å². The first-order valence-electron chi connectivity index (χ1n) is 7.74. The van der Waals surface area contributed by atoms with Crippen LogP contribution in [0.4, 0.5) is 5.69 Å². The van der Waals surface area contributed by atoms with Crippen LogP contribution in [0.2, 0.25) is 0 Å². The smallest absolute Gasteiger partial charge is 0.274 e. The second-order valence-electron chi connectivity index (χ2n) is 5.79. The van der Waals surface area contributed by atoms with Crippen molar-refractivity contribution in [3.63, 3.8) is 0 Å². The van der Waals surface area contributed by atoms with Gasteiger partial charge in [0.05, 0.1) is 0 Å². The molecule has 2 aromatic carbocycles. The summed E-state index contributed by atoms with van der Waals surface area (Å²) < 4.78 is 1.10. The van der Waals surface area contributed by atoms with Crippen LogP contribution in [0.3, 0.4) is 0 Å². The fraction of sp³-hybridized carbons (Fsp3) is 0.278. The highest BCUT2D eigenvalue weighted by Gasteiger charge is 2.16. The maximum absolute atomic E-state index is 11.4. The Hall–Kier alpha value is -1.85. The van der Waals surface area contributed by atoms with Crippen molar-refractivity contribution < 1.29 is 10.0 Å². The van der Waals surface area contributed by atoms with Gasteiger partial charge in [-0.3, -0.25) is 10.0 Å². The largest absolute Gasteiger partial charge is 0.367 e. The molecule has 1 heterocycles. The minimum absolute atomic E-state index is 0.454. The van der Waals surface area contributed by atoms with Crippen molar-refractivity contribution >= 4 is 27.5 Å². The van der Waals surface area contributed by atoms with Crippen molar-refractivity contribution in [3.05, 3.63) is 63.6 Å². The van der Waals surface area contributed by atoms with Crippen LogP contribution in [-0.2, 0) is 13.0 Å². The summed E-state index contributed by atoms with van der Waals surface area (Å²) in [6.45, 7) is 1.84. The summed E-state index contributed by atoms with van der Waals surface area (Å²) in [6, 6.07) is 13.8. The Labute approximate surface area is 144 Å². The van der Waals surface area contributed by atoms with E-state index in [0.717, 1.165) is 29.5 Å². The van der Waals surface area contributed by atoms with Crippen LogP contribution < -0.4 is 10.4 Å². The fourth-order valence-corrected chi connectivity index (χ4v) is 3.34. The Morgan fingerprint density at radius 1 is 1.17 bits per heavy atom. The molecule has 1 aliphatic rings. The Bertz CT molecular complexity index is 701. The highest BCUT2D eigenvalue weighted by molar-refractivity contribution is 9.10. The molecule has 0 aromatic heterocycles. The van der Waals surface area contributed by atoms with Gasteiger partial charge in [-0.2, -0.15) is 0 Å². The Balaban J connectivity index is 1.82. The number of rotatable bonds is 3. The van der Waals surface area contributed by atoms with Gasteiger partial charge in [0.1, 0.15) is 0 Å². The van der Waals surface area contributed by atoms with Gasteiger partial charge in [0.25, 0.3) is 5.91 Å². The zero-order chi connectivity index (χ0) is 16.2. The second-order valence-corrected chi connectivity index (χ2v) is 6.71. The monoisotopic (exact) mass is 374 g/mol. The van der Waals surface area contributed by atoms with Crippen LogP contribution in [0.25, 0.3) is 0 Å². The molecule has 0 unspecified atom stereocenters. The number of nitrogens with zero attached hydrogens (tertiary/aromatic N) is 1. The van der Waals surface area contributed by atoms with Crippen LogP contribution >= 0.6 is 15.9 Å². The van der Waals surface area contributed by atoms with Crippen molar-refractivity contribution in [2.24, 2.45) is 0 Å². The number of carbonyl (C=O) groups excluding carboxylic acids is 1. The SMILES string of the molecule is O=C(NO)c1ccc(CN2CCCCc3ccc(Br)cc32)cc1. The Morgan fingerprint density at radius 2 is 1.96 bits per heavy atom. The first-order valence-corrected chi connectivity index (χ1v) is 8.53. The summed E-state index contributed by atoms with van der Waals surface area (Å²) in [6.07, 6.45) is 3.51. The first-order chi connectivity index (χ1) is 11.2. The third-order valence-corrected chi connectivity index (χ3v) is 4.70. The number of benzene rings is 2. The molecule has 120 valence electrons. The second kappa shape index (κ2) is 7.15. The molecule has 23 heavy (non-hydrogen) atoms. The number of halogens is 1. The van der Waals surface area contributed by atoms with Gasteiger partial charge < -0.3 is 4.90 Å². The molecule has 0 saturated heterocycles. The lowest BCUT2D eigenvalue weighted by molar-refractivity contribution is 0.0706. The molecule has 2 aromatic rings. The molecule has 4 nitrogen and oxygen atoms in total. The maximum Gasteiger partial charge on any atom is 0.274 e. The number of hydrogen-bond donors (Lipinski definition) is 2. The molecule has 0 saturated carbocycles. The van der Waals surface area contributed by atoms with E-state index in [1.165, 1.54) is 24.1 Å². The molecule has 3 rings (SSSR count). The average molecular weight is 375 g/mol. The molecule has 0 radical (unpaired) electrons. The van der Waals surface area contributed by atoms with Crippen molar-refractivity contribution in [3.8, 4) is 0 Å². The summed E-state index contributed by atoms with van der Waals surface area (Å²) in [5.74, 6) is -0.486. The summed E-state index contributed by atoms with van der Waals surface area (Å²) in [5, 5.41) is 8.67. The van der Waals surface area contributed by atoms with Crippen LogP contribution in [0, 0.1) is 0 Å². The normalized spacial score (nSPS) is 14.1. The average Bonchev–Trinajstić information content (AvgIpc) is 2.77. The number of anilines is 1. The van der Waals surface area contributed by atoms with Crippen molar-refractivity contribution in [2.45, 2.75) is 25.8 Å². The van der Waals surface area contributed by atoms with Gasteiger partial charge >= 0.3 is 0 Å². The maximum atomic E-state index is 11.4. The van der Waals surface area contributed by atoms with Gasteiger partial charge in [-0.15, -0.1) is 0 Å². The summed E-state index contributed by atoms with van der Waals surface area (Å²) in [7, 11) is 0. The number of hydroxylamine groups is 1. The topological polar surface area (TPSA) is 52.6 Å². The summed E-state index contributed by atoms with van der Waals surface area (Å²) in [4.78, 5) is 13.8. The van der Waals surface area contributed by atoms with E-state index in [9.17, 15) is 4.79 Å². The lowest BCUT2D eigenvalue weighted by atomic mass is 10.1. The highest BCUT2D eigenvalue weighted by atomic mass is 79.9. The van der Waals surface area contributed by atoms with E-state index in [2.05, 4.69) is 39.0 Å². The lowest BCUT2D eigenvalue weighted by Crippen LogP contribution is -2.23. The predicted octanol–water partition coefficient (Wildman–Crippen LogP) is 3.91. The molecule has 5 heteroatoms. The molecular weight excluding hydrogens is 356 g/mol. The van der Waals surface area contributed by atoms with Gasteiger partial charge in [0.15, 0.2) is 0 Å². The minimum Gasteiger partial charge on any atom is -0.367 e. The molecule has 0 atom stereocenters. The van der Waals surface area contributed by atoms with E-state index < -0.39 is 5.91 Å². The van der Waals surface area contributed by atoms with E-state index in [-0.39, 0.29) is 0 Å². The van der Waals surface area contributed by atoms with E-state index in [4.69, 9.17) is 5.21 Å². The molecule has 0 spiro atoms. The van der Waals surface area contributed by atoms with Gasteiger partial charge in [-0.1, -0.05) is 34.1 Å².